The van der Waals surface area contributed by atoms with Gasteiger partial charge in [-0.3, -0.25) is 0 Å². The van der Waals surface area contributed by atoms with E-state index in [1.807, 2.05) is 0 Å². The molecule has 0 nitrogen and oxygen atoms in total. The molecule has 0 N–H and O–H groups in total. The first-order chi connectivity index (χ1) is 20.5. The van der Waals surface area contributed by atoms with Crippen LogP contribution in [0, 0.1) is 0 Å². The highest BCUT2D eigenvalue weighted by Crippen LogP contribution is 2.47. The van der Waals surface area contributed by atoms with Crippen molar-refractivity contribution in [3.8, 4) is 22.3 Å². The van der Waals surface area contributed by atoms with Gasteiger partial charge in [0.1, 0.15) is 0 Å². The highest BCUT2D eigenvalue weighted by Gasteiger charge is 2.21. The molecule has 0 heterocycles. The molecule has 0 atom stereocenters. The molecular weight excluding hydrogens is 504 g/mol. The SMILES string of the molecule is CC(C)(C)c1ccc2c(-c3ccc4ccccc4c3)c3ccccc3c(-c3cccc4c3ccc3ccccc34)c2c1. The Balaban J connectivity index is 1.55. The van der Waals surface area contributed by atoms with E-state index in [0.29, 0.717) is 0 Å². The van der Waals surface area contributed by atoms with Gasteiger partial charge in [-0.2, -0.15) is 0 Å². The molecule has 0 saturated heterocycles. The van der Waals surface area contributed by atoms with Crippen molar-refractivity contribution in [3.63, 3.8) is 0 Å². The maximum absolute atomic E-state index is 2.46. The van der Waals surface area contributed by atoms with E-state index >= 15 is 0 Å². The Hall–Kier alpha value is -4.94. The molecule has 0 unspecified atom stereocenters. The molecule has 0 aliphatic rings. The smallest absolute Gasteiger partial charge is 0.00200 e. The average Bonchev–Trinajstić information content (AvgIpc) is 3.02. The van der Waals surface area contributed by atoms with Crippen LogP contribution in [0.3, 0.4) is 0 Å². The molecule has 0 spiro atoms. The van der Waals surface area contributed by atoms with Gasteiger partial charge in [0, 0.05) is 0 Å². The van der Waals surface area contributed by atoms with Gasteiger partial charge in [-0.1, -0.05) is 148 Å². The Morgan fingerprint density at radius 3 is 1.74 bits per heavy atom. The molecule has 200 valence electrons. The molecule has 0 fully saturated rings. The second-order valence-electron chi connectivity index (χ2n) is 12.6. The molecule has 42 heavy (non-hydrogen) atoms. The molecule has 8 aromatic carbocycles. The van der Waals surface area contributed by atoms with Gasteiger partial charge in [0.2, 0.25) is 0 Å². The molecule has 0 amide bonds. The Morgan fingerprint density at radius 2 is 0.952 bits per heavy atom. The summed E-state index contributed by atoms with van der Waals surface area (Å²) < 4.78 is 0. The van der Waals surface area contributed by atoms with E-state index in [4.69, 9.17) is 0 Å². The number of benzene rings is 8. The van der Waals surface area contributed by atoms with Crippen LogP contribution in [0.1, 0.15) is 26.3 Å². The minimum absolute atomic E-state index is 0.0369. The van der Waals surface area contributed by atoms with Crippen LogP contribution in [0.2, 0.25) is 0 Å². The van der Waals surface area contributed by atoms with Gasteiger partial charge in [0.15, 0.2) is 0 Å². The van der Waals surface area contributed by atoms with Crippen molar-refractivity contribution in [3.05, 3.63) is 145 Å². The fraction of sp³-hybridized carbons (Fsp3) is 0.0952. The van der Waals surface area contributed by atoms with E-state index < -0.39 is 0 Å². The van der Waals surface area contributed by atoms with Crippen LogP contribution in [0.4, 0.5) is 0 Å². The van der Waals surface area contributed by atoms with Crippen LogP contribution in [0.25, 0.3) is 76.1 Å². The van der Waals surface area contributed by atoms with Crippen molar-refractivity contribution in [1.82, 2.24) is 0 Å². The van der Waals surface area contributed by atoms with Gasteiger partial charge in [-0.05, 0) is 99.2 Å². The van der Waals surface area contributed by atoms with E-state index in [1.165, 1.54) is 81.7 Å². The predicted molar refractivity (Wildman–Crippen MR) is 184 cm³/mol. The van der Waals surface area contributed by atoms with E-state index in [0.717, 1.165) is 0 Å². The van der Waals surface area contributed by atoms with E-state index in [1.54, 1.807) is 0 Å². The maximum Gasteiger partial charge on any atom is -0.00200 e. The topological polar surface area (TPSA) is 0 Å². The zero-order chi connectivity index (χ0) is 28.4. The lowest BCUT2D eigenvalue weighted by atomic mass is 9.80. The van der Waals surface area contributed by atoms with Crippen molar-refractivity contribution in [2.75, 3.05) is 0 Å². The normalized spacial score (nSPS) is 12.2. The quantitative estimate of drug-likeness (QED) is 0.152. The van der Waals surface area contributed by atoms with Crippen molar-refractivity contribution in [2.24, 2.45) is 0 Å². The highest BCUT2D eigenvalue weighted by molar-refractivity contribution is 6.25. The minimum Gasteiger partial charge on any atom is -0.0616 e. The molecule has 0 heteroatoms. The third kappa shape index (κ3) is 3.83. The summed E-state index contributed by atoms with van der Waals surface area (Å²) in [4.78, 5) is 0. The second kappa shape index (κ2) is 9.29. The largest absolute Gasteiger partial charge is 0.0616 e. The summed E-state index contributed by atoms with van der Waals surface area (Å²) >= 11 is 0. The maximum atomic E-state index is 2.46. The van der Waals surface area contributed by atoms with Crippen molar-refractivity contribution in [1.29, 1.82) is 0 Å². The molecule has 0 aliphatic heterocycles. The fourth-order valence-electron chi connectivity index (χ4n) is 6.85. The van der Waals surface area contributed by atoms with Crippen LogP contribution in [-0.4, -0.2) is 0 Å². The van der Waals surface area contributed by atoms with Crippen LogP contribution in [0.5, 0.6) is 0 Å². The van der Waals surface area contributed by atoms with Gasteiger partial charge >= 0.3 is 0 Å². The molecule has 0 aliphatic carbocycles. The average molecular weight is 537 g/mol. The van der Waals surface area contributed by atoms with Crippen molar-refractivity contribution in [2.45, 2.75) is 26.2 Å². The predicted octanol–water partition coefficient (Wildman–Crippen LogP) is 12.1. The first-order valence-corrected chi connectivity index (χ1v) is 14.9. The Kier molecular flexibility index (Phi) is 5.49. The zero-order valence-electron chi connectivity index (χ0n) is 24.3. The summed E-state index contributed by atoms with van der Waals surface area (Å²) in [6.45, 7) is 6.93. The number of rotatable bonds is 2. The third-order valence-electron chi connectivity index (χ3n) is 8.98. The monoisotopic (exact) mass is 536 g/mol. The molecular formula is C42H32. The van der Waals surface area contributed by atoms with E-state index in [2.05, 4.69) is 160 Å². The van der Waals surface area contributed by atoms with E-state index in [9.17, 15) is 0 Å². The standard InChI is InChI=1S/C42H32/c1-42(2,3)31-22-24-38-39(26-31)41(35-18-10-17-33-32-14-7-6-12-28(32)21-23-34(33)35)37-16-9-8-15-36(37)40(38)30-20-19-27-11-4-5-13-29(27)25-30/h4-26H,1-3H3. The second-order valence-corrected chi connectivity index (χ2v) is 12.6. The van der Waals surface area contributed by atoms with Gasteiger partial charge in [0.05, 0.1) is 0 Å². The Bertz CT molecular complexity index is 2330. The molecule has 0 radical (unpaired) electrons. The lowest BCUT2D eigenvalue weighted by Crippen LogP contribution is -2.10. The van der Waals surface area contributed by atoms with Crippen molar-refractivity contribution >= 4 is 53.9 Å². The Labute approximate surface area is 246 Å². The molecule has 0 saturated carbocycles. The Morgan fingerprint density at radius 1 is 0.357 bits per heavy atom. The van der Waals surface area contributed by atoms with Gasteiger partial charge in [-0.25, -0.2) is 0 Å². The summed E-state index contributed by atoms with van der Waals surface area (Å²) in [7, 11) is 0. The van der Waals surface area contributed by atoms with Crippen LogP contribution < -0.4 is 0 Å². The van der Waals surface area contributed by atoms with Crippen LogP contribution >= 0.6 is 0 Å². The molecule has 8 aromatic rings. The van der Waals surface area contributed by atoms with Crippen molar-refractivity contribution < 1.29 is 0 Å². The summed E-state index contributed by atoms with van der Waals surface area (Å²) in [5.41, 5.74) is 6.55. The van der Waals surface area contributed by atoms with Crippen LogP contribution in [0.15, 0.2) is 140 Å². The number of hydrogen-bond acceptors (Lipinski definition) is 0. The summed E-state index contributed by atoms with van der Waals surface area (Å²) in [5.74, 6) is 0. The molecule has 0 bridgehead atoms. The lowest BCUT2D eigenvalue weighted by molar-refractivity contribution is 0.591. The summed E-state index contributed by atoms with van der Waals surface area (Å²) in [6.07, 6.45) is 0. The third-order valence-corrected chi connectivity index (χ3v) is 8.98. The van der Waals surface area contributed by atoms with Gasteiger partial charge in [-0.15, -0.1) is 0 Å². The highest BCUT2D eigenvalue weighted by atomic mass is 14.2. The van der Waals surface area contributed by atoms with Crippen LogP contribution in [-0.2, 0) is 5.41 Å². The first kappa shape index (κ1) is 24.8. The first-order valence-electron chi connectivity index (χ1n) is 14.9. The number of fused-ring (bicyclic) bond motifs is 6. The van der Waals surface area contributed by atoms with Gasteiger partial charge < -0.3 is 0 Å². The summed E-state index contributed by atoms with van der Waals surface area (Å²) in [5, 5.41) is 12.9. The lowest BCUT2D eigenvalue weighted by Gasteiger charge is -2.23. The van der Waals surface area contributed by atoms with Gasteiger partial charge in [0.25, 0.3) is 0 Å². The molecule has 8 rings (SSSR count). The summed E-state index contributed by atoms with van der Waals surface area (Å²) in [6, 6.07) is 51.9. The zero-order valence-corrected chi connectivity index (χ0v) is 24.3. The fourth-order valence-corrected chi connectivity index (χ4v) is 6.85. The van der Waals surface area contributed by atoms with E-state index in [-0.39, 0.29) is 5.41 Å². The molecule has 0 aromatic heterocycles. The number of hydrogen-bond donors (Lipinski definition) is 0. The minimum atomic E-state index is 0.0369.